The molecule has 0 bridgehead atoms. The predicted molar refractivity (Wildman–Crippen MR) is 37.4 cm³/mol. The van der Waals surface area contributed by atoms with Crippen LogP contribution in [0.2, 0.25) is 0 Å². The Bertz CT molecular complexity index is 182. The van der Waals surface area contributed by atoms with E-state index in [-0.39, 0.29) is 0 Å². The fraction of sp³-hybridized carbons (Fsp3) is 1.00. The second kappa shape index (κ2) is 2.45. The molecule has 1 heterocycles. The Balaban J connectivity index is 2.63. The molecular weight excluding hydrogens is 160 g/mol. The quantitative estimate of drug-likeness (QED) is 0.498. The summed E-state index contributed by atoms with van der Waals surface area (Å²) in [5, 5.41) is 2.76. The fourth-order valence-electron chi connectivity index (χ4n) is 0.515. The lowest BCUT2D eigenvalue weighted by Gasteiger charge is -2.04. The van der Waals surface area contributed by atoms with Crippen LogP contribution in [0, 0.1) is 0 Å². The first-order valence-electron chi connectivity index (χ1n) is 2.40. The standard InChI is InChI=1S/C3H8N2O2S2/c1-9(6,7)3-4-2-8-5-3/h3-5H,2H2,1H3. The second-order valence-corrected chi connectivity index (χ2v) is 4.76. The van der Waals surface area contributed by atoms with Crippen LogP contribution < -0.4 is 10.0 Å². The van der Waals surface area contributed by atoms with Gasteiger partial charge in [-0.15, -0.1) is 0 Å². The van der Waals surface area contributed by atoms with Gasteiger partial charge in [-0.1, -0.05) is 11.9 Å². The summed E-state index contributed by atoms with van der Waals surface area (Å²) in [6.07, 6.45) is 1.20. The largest absolute Gasteiger partial charge is 0.278 e. The number of sulfone groups is 1. The van der Waals surface area contributed by atoms with Gasteiger partial charge in [-0.2, -0.15) is 0 Å². The van der Waals surface area contributed by atoms with Gasteiger partial charge in [-0.25, -0.2) is 13.1 Å². The molecule has 0 aromatic heterocycles. The van der Waals surface area contributed by atoms with Gasteiger partial charge >= 0.3 is 0 Å². The summed E-state index contributed by atoms with van der Waals surface area (Å²) < 4.78 is 24.1. The van der Waals surface area contributed by atoms with E-state index >= 15 is 0 Å². The van der Waals surface area contributed by atoms with Crippen LogP contribution in [-0.4, -0.2) is 26.0 Å². The normalized spacial score (nSPS) is 28.8. The van der Waals surface area contributed by atoms with Crippen molar-refractivity contribution >= 4 is 21.8 Å². The third kappa shape index (κ3) is 1.82. The Morgan fingerprint density at radius 1 is 1.67 bits per heavy atom. The Kier molecular flexibility index (Phi) is 2.00. The van der Waals surface area contributed by atoms with Crippen molar-refractivity contribution in [1.82, 2.24) is 10.0 Å². The van der Waals surface area contributed by atoms with Crippen LogP contribution in [0.4, 0.5) is 0 Å². The van der Waals surface area contributed by atoms with Crippen molar-refractivity contribution in [2.45, 2.75) is 5.50 Å². The highest BCUT2D eigenvalue weighted by Crippen LogP contribution is 2.05. The van der Waals surface area contributed by atoms with Gasteiger partial charge in [-0.05, 0) is 0 Å². The maximum atomic E-state index is 10.7. The van der Waals surface area contributed by atoms with Crippen molar-refractivity contribution < 1.29 is 8.42 Å². The van der Waals surface area contributed by atoms with Crippen molar-refractivity contribution in [3.63, 3.8) is 0 Å². The van der Waals surface area contributed by atoms with E-state index in [9.17, 15) is 8.42 Å². The van der Waals surface area contributed by atoms with Crippen LogP contribution >= 0.6 is 11.9 Å². The summed E-state index contributed by atoms with van der Waals surface area (Å²) in [5.74, 6) is 0.651. The first-order chi connectivity index (χ1) is 4.11. The number of nitrogens with one attached hydrogen (secondary N) is 2. The van der Waals surface area contributed by atoms with E-state index < -0.39 is 15.3 Å². The van der Waals surface area contributed by atoms with Gasteiger partial charge in [0.05, 0.1) is 5.88 Å². The highest BCUT2D eigenvalue weighted by molar-refractivity contribution is 7.99. The Hall–Kier alpha value is 0.220. The zero-order chi connectivity index (χ0) is 6.91. The first-order valence-corrected chi connectivity index (χ1v) is 5.34. The van der Waals surface area contributed by atoms with Crippen LogP contribution in [0.15, 0.2) is 0 Å². The lowest BCUT2D eigenvalue weighted by Crippen LogP contribution is -2.37. The van der Waals surface area contributed by atoms with E-state index in [1.807, 2.05) is 0 Å². The lowest BCUT2D eigenvalue weighted by molar-refractivity contribution is 0.571. The minimum atomic E-state index is -2.95. The summed E-state index contributed by atoms with van der Waals surface area (Å²) >= 11 is 1.37. The Morgan fingerprint density at radius 3 is 2.56 bits per heavy atom. The molecule has 1 atom stereocenters. The molecule has 1 rings (SSSR count). The van der Waals surface area contributed by atoms with Crippen LogP contribution in [0.25, 0.3) is 0 Å². The van der Waals surface area contributed by atoms with Crippen LogP contribution in [0.1, 0.15) is 0 Å². The molecule has 2 N–H and O–H groups in total. The van der Waals surface area contributed by atoms with Gasteiger partial charge in [-0.3, -0.25) is 5.32 Å². The Morgan fingerprint density at radius 2 is 2.33 bits per heavy atom. The monoisotopic (exact) mass is 168 g/mol. The summed E-state index contributed by atoms with van der Waals surface area (Å²) in [5.41, 5.74) is -0.553. The van der Waals surface area contributed by atoms with E-state index in [1.165, 1.54) is 18.2 Å². The highest BCUT2D eigenvalue weighted by Gasteiger charge is 2.23. The molecule has 9 heavy (non-hydrogen) atoms. The molecule has 0 radical (unpaired) electrons. The van der Waals surface area contributed by atoms with E-state index in [1.54, 1.807) is 0 Å². The number of hydrogen-bond acceptors (Lipinski definition) is 5. The zero-order valence-electron chi connectivity index (χ0n) is 4.92. The Labute approximate surface area is 58.4 Å². The molecule has 0 amide bonds. The molecule has 1 aliphatic rings. The fourth-order valence-corrected chi connectivity index (χ4v) is 2.48. The molecule has 1 unspecified atom stereocenters. The molecule has 54 valence electrons. The molecule has 0 spiro atoms. The minimum Gasteiger partial charge on any atom is -0.278 e. The topological polar surface area (TPSA) is 58.2 Å². The van der Waals surface area contributed by atoms with Gasteiger partial charge in [0, 0.05) is 6.26 Å². The summed E-state index contributed by atoms with van der Waals surface area (Å²) in [6, 6.07) is 0. The molecular formula is C3H8N2O2S2. The smallest absolute Gasteiger partial charge is 0.177 e. The third-order valence-electron chi connectivity index (χ3n) is 0.959. The molecule has 1 aliphatic heterocycles. The maximum Gasteiger partial charge on any atom is 0.177 e. The molecule has 0 aliphatic carbocycles. The second-order valence-electron chi connectivity index (χ2n) is 1.82. The number of hydrogen-bond donors (Lipinski definition) is 2. The lowest BCUT2D eigenvalue weighted by atomic mass is 11.1. The van der Waals surface area contributed by atoms with Gasteiger partial charge in [0.2, 0.25) is 0 Å². The molecule has 0 aromatic rings. The van der Waals surface area contributed by atoms with Crippen LogP contribution in [0.5, 0.6) is 0 Å². The van der Waals surface area contributed by atoms with Crippen molar-refractivity contribution in [2.24, 2.45) is 0 Å². The van der Waals surface area contributed by atoms with E-state index in [4.69, 9.17) is 0 Å². The molecule has 0 aromatic carbocycles. The average molecular weight is 168 g/mol. The predicted octanol–water partition coefficient (Wildman–Crippen LogP) is -0.887. The molecule has 1 fully saturated rings. The molecule has 4 nitrogen and oxygen atoms in total. The molecule has 6 heteroatoms. The van der Waals surface area contributed by atoms with E-state index in [0.717, 1.165) is 0 Å². The van der Waals surface area contributed by atoms with E-state index in [2.05, 4.69) is 10.0 Å². The highest BCUT2D eigenvalue weighted by atomic mass is 32.2. The van der Waals surface area contributed by atoms with Gasteiger partial charge < -0.3 is 0 Å². The summed E-state index contributed by atoms with van der Waals surface area (Å²) in [7, 11) is -2.95. The average Bonchev–Trinajstić information content (AvgIpc) is 2.08. The maximum absolute atomic E-state index is 10.7. The van der Waals surface area contributed by atoms with Crippen molar-refractivity contribution in [3.05, 3.63) is 0 Å². The van der Waals surface area contributed by atoms with Gasteiger partial charge in [0.15, 0.2) is 15.3 Å². The van der Waals surface area contributed by atoms with Crippen molar-refractivity contribution in [3.8, 4) is 0 Å². The van der Waals surface area contributed by atoms with Crippen molar-refractivity contribution in [1.29, 1.82) is 0 Å². The zero-order valence-corrected chi connectivity index (χ0v) is 6.55. The SMILES string of the molecule is CS(=O)(=O)C1NCSN1. The summed E-state index contributed by atoms with van der Waals surface area (Å²) in [4.78, 5) is 0. The van der Waals surface area contributed by atoms with Crippen LogP contribution in [0.3, 0.4) is 0 Å². The van der Waals surface area contributed by atoms with Gasteiger partial charge in [0.25, 0.3) is 0 Å². The summed E-state index contributed by atoms with van der Waals surface area (Å²) in [6.45, 7) is 0. The third-order valence-corrected chi connectivity index (χ3v) is 2.96. The number of rotatable bonds is 1. The molecule has 1 saturated heterocycles. The minimum absolute atomic E-state index is 0.553. The van der Waals surface area contributed by atoms with Gasteiger partial charge in [0.1, 0.15) is 0 Å². The van der Waals surface area contributed by atoms with E-state index in [0.29, 0.717) is 5.88 Å². The molecule has 0 saturated carbocycles. The van der Waals surface area contributed by atoms with Crippen LogP contribution in [-0.2, 0) is 9.84 Å². The first kappa shape index (κ1) is 7.33. The van der Waals surface area contributed by atoms with Crippen molar-refractivity contribution in [2.75, 3.05) is 12.1 Å².